The van der Waals surface area contributed by atoms with E-state index in [1.807, 2.05) is 23.6 Å². The van der Waals surface area contributed by atoms with E-state index in [1.54, 1.807) is 0 Å². The van der Waals surface area contributed by atoms with Gasteiger partial charge in [-0.3, -0.25) is 0 Å². The van der Waals surface area contributed by atoms with Gasteiger partial charge in [0.1, 0.15) is 5.82 Å². The average Bonchev–Trinajstić information content (AvgIpc) is 2.92. The van der Waals surface area contributed by atoms with E-state index in [0.717, 1.165) is 36.0 Å². The Morgan fingerprint density at radius 3 is 2.50 bits per heavy atom. The lowest BCUT2D eigenvalue weighted by Crippen LogP contribution is -2.25. The van der Waals surface area contributed by atoms with Crippen molar-refractivity contribution in [2.45, 2.75) is 27.7 Å². The summed E-state index contributed by atoms with van der Waals surface area (Å²) in [5, 5.41) is 4.68. The fourth-order valence-corrected chi connectivity index (χ4v) is 2.65. The Bertz CT molecular complexity index is 802. The third-order valence-corrected chi connectivity index (χ3v) is 3.79. The van der Waals surface area contributed by atoms with E-state index in [-0.39, 0.29) is 0 Å². The summed E-state index contributed by atoms with van der Waals surface area (Å²) in [5.74, 6) is 2.41. The van der Waals surface area contributed by atoms with Crippen molar-refractivity contribution in [3.63, 3.8) is 0 Å². The van der Waals surface area contributed by atoms with Crippen LogP contribution in [0.25, 0.3) is 17.2 Å². The number of benzene rings is 1. The maximum absolute atomic E-state index is 4.68. The lowest BCUT2D eigenvalue weighted by atomic mass is 10.1. The third-order valence-electron chi connectivity index (χ3n) is 3.79. The molecule has 0 aliphatic carbocycles. The lowest BCUT2D eigenvalue weighted by Gasteiger charge is -2.21. The zero-order valence-corrected chi connectivity index (χ0v) is 13.5. The highest BCUT2D eigenvalue weighted by molar-refractivity contribution is 5.59. The molecule has 5 heteroatoms. The molecule has 0 aliphatic heterocycles. The number of hydrogen-bond acceptors (Lipinski definition) is 4. The van der Waals surface area contributed by atoms with E-state index in [4.69, 9.17) is 0 Å². The summed E-state index contributed by atoms with van der Waals surface area (Å²) < 4.78 is 1.84. The van der Waals surface area contributed by atoms with Crippen LogP contribution >= 0.6 is 0 Å². The van der Waals surface area contributed by atoms with Crippen molar-refractivity contribution in [1.29, 1.82) is 0 Å². The molecule has 3 rings (SSSR count). The van der Waals surface area contributed by atoms with E-state index in [1.165, 1.54) is 5.56 Å². The smallest absolute Gasteiger partial charge is 0.254 e. The first-order valence-corrected chi connectivity index (χ1v) is 7.68. The van der Waals surface area contributed by atoms with Crippen molar-refractivity contribution >= 4 is 11.6 Å². The van der Waals surface area contributed by atoms with Crippen LogP contribution in [0.3, 0.4) is 0 Å². The van der Waals surface area contributed by atoms with Gasteiger partial charge in [-0.1, -0.05) is 23.8 Å². The number of aromatic nitrogens is 4. The Kier molecular flexibility index (Phi) is 3.79. The van der Waals surface area contributed by atoms with Gasteiger partial charge in [0, 0.05) is 30.4 Å². The van der Waals surface area contributed by atoms with Crippen molar-refractivity contribution in [3.05, 3.63) is 41.6 Å². The fraction of sp³-hybridized carbons (Fsp3) is 0.353. The number of anilines is 1. The lowest BCUT2D eigenvalue weighted by molar-refractivity contribution is 0.797. The topological polar surface area (TPSA) is 46.3 Å². The summed E-state index contributed by atoms with van der Waals surface area (Å²) in [6.07, 6.45) is 0. The van der Waals surface area contributed by atoms with Crippen LogP contribution in [0.1, 0.15) is 25.1 Å². The average molecular weight is 295 g/mol. The van der Waals surface area contributed by atoms with Crippen LogP contribution in [0.2, 0.25) is 0 Å². The van der Waals surface area contributed by atoms with Crippen molar-refractivity contribution in [2.24, 2.45) is 0 Å². The summed E-state index contributed by atoms with van der Waals surface area (Å²) >= 11 is 0. The minimum atomic E-state index is 0.651. The van der Waals surface area contributed by atoms with Crippen molar-refractivity contribution in [3.8, 4) is 11.4 Å². The quantitative estimate of drug-likeness (QED) is 0.741. The molecule has 0 fully saturated rings. The van der Waals surface area contributed by atoms with Gasteiger partial charge in [0.2, 0.25) is 0 Å². The molecule has 114 valence electrons. The fourth-order valence-electron chi connectivity index (χ4n) is 2.65. The number of rotatable bonds is 4. The van der Waals surface area contributed by atoms with Gasteiger partial charge in [-0.15, -0.1) is 5.10 Å². The molecule has 0 radical (unpaired) electrons. The van der Waals surface area contributed by atoms with Gasteiger partial charge in [0.15, 0.2) is 5.82 Å². The number of hydrogen-bond donors (Lipinski definition) is 0. The third kappa shape index (κ3) is 2.54. The normalized spacial score (nSPS) is 11.1. The Morgan fingerprint density at radius 1 is 1.05 bits per heavy atom. The minimum Gasteiger partial charge on any atom is -0.357 e. The molecule has 0 aliphatic rings. The first kappa shape index (κ1) is 14.5. The second-order valence-corrected chi connectivity index (χ2v) is 5.44. The van der Waals surface area contributed by atoms with Gasteiger partial charge < -0.3 is 4.90 Å². The number of aryl methyl sites for hydroxylation is 2. The Labute approximate surface area is 130 Å². The maximum Gasteiger partial charge on any atom is 0.254 e. The van der Waals surface area contributed by atoms with Crippen LogP contribution in [-0.2, 0) is 0 Å². The van der Waals surface area contributed by atoms with E-state index < -0.39 is 0 Å². The SMILES string of the molecule is CCN(CC)c1cc(C)nc2nc(-c3cccc(C)c3)nn12. The largest absolute Gasteiger partial charge is 0.357 e. The molecule has 22 heavy (non-hydrogen) atoms. The van der Waals surface area contributed by atoms with Crippen LogP contribution in [0.5, 0.6) is 0 Å². The molecule has 0 saturated carbocycles. The minimum absolute atomic E-state index is 0.651. The van der Waals surface area contributed by atoms with E-state index in [2.05, 4.69) is 58.9 Å². The van der Waals surface area contributed by atoms with Crippen molar-refractivity contribution in [2.75, 3.05) is 18.0 Å². The van der Waals surface area contributed by atoms with Crippen LogP contribution in [-0.4, -0.2) is 32.7 Å². The first-order chi connectivity index (χ1) is 10.6. The van der Waals surface area contributed by atoms with Crippen LogP contribution in [0.15, 0.2) is 30.3 Å². The molecule has 2 aromatic heterocycles. The van der Waals surface area contributed by atoms with Gasteiger partial charge in [0.25, 0.3) is 5.78 Å². The van der Waals surface area contributed by atoms with Gasteiger partial charge in [-0.05, 0) is 33.8 Å². The van der Waals surface area contributed by atoms with Crippen LogP contribution in [0.4, 0.5) is 5.82 Å². The van der Waals surface area contributed by atoms with Crippen LogP contribution < -0.4 is 4.90 Å². The molecule has 0 atom stereocenters. The Morgan fingerprint density at radius 2 is 1.82 bits per heavy atom. The molecule has 0 N–H and O–H groups in total. The Hall–Kier alpha value is -2.43. The molecule has 0 unspecified atom stereocenters. The highest BCUT2D eigenvalue weighted by Gasteiger charge is 2.14. The molecule has 0 bridgehead atoms. The van der Waals surface area contributed by atoms with Crippen molar-refractivity contribution < 1.29 is 0 Å². The zero-order valence-electron chi connectivity index (χ0n) is 13.5. The van der Waals surface area contributed by atoms with E-state index >= 15 is 0 Å². The summed E-state index contributed by atoms with van der Waals surface area (Å²) in [4.78, 5) is 11.4. The number of nitrogens with zero attached hydrogens (tertiary/aromatic N) is 5. The molecule has 5 nitrogen and oxygen atoms in total. The zero-order chi connectivity index (χ0) is 15.7. The highest BCUT2D eigenvalue weighted by Crippen LogP contribution is 2.21. The number of fused-ring (bicyclic) bond motifs is 1. The molecule has 0 saturated heterocycles. The monoisotopic (exact) mass is 295 g/mol. The predicted octanol–water partition coefficient (Wildman–Crippen LogP) is 3.25. The predicted molar refractivity (Wildman–Crippen MR) is 89.3 cm³/mol. The Balaban J connectivity index is 2.19. The van der Waals surface area contributed by atoms with Gasteiger partial charge >= 0.3 is 0 Å². The molecular weight excluding hydrogens is 274 g/mol. The summed E-state index contributed by atoms with van der Waals surface area (Å²) in [5.41, 5.74) is 3.18. The molecule has 1 aromatic carbocycles. The van der Waals surface area contributed by atoms with E-state index in [9.17, 15) is 0 Å². The standard InChI is InChI=1S/C17H21N5/c1-5-21(6-2)15-11-13(4)18-17-19-16(20-22(15)17)14-9-7-8-12(3)10-14/h7-11H,5-6H2,1-4H3. The summed E-state index contributed by atoms with van der Waals surface area (Å²) in [6.45, 7) is 10.2. The molecular formula is C17H21N5. The summed E-state index contributed by atoms with van der Waals surface area (Å²) in [7, 11) is 0. The summed E-state index contributed by atoms with van der Waals surface area (Å²) in [6, 6.07) is 10.3. The van der Waals surface area contributed by atoms with Crippen LogP contribution in [0, 0.1) is 13.8 Å². The highest BCUT2D eigenvalue weighted by atomic mass is 15.4. The molecule has 3 aromatic rings. The molecule has 2 heterocycles. The van der Waals surface area contributed by atoms with E-state index in [0.29, 0.717) is 5.78 Å². The molecule has 0 spiro atoms. The van der Waals surface area contributed by atoms with Gasteiger partial charge in [-0.25, -0.2) is 4.98 Å². The van der Waals surface area contributed by atoms with Crippen molar-refractivity contribution in [1.82, 2.24) is 19.6 Å². The second kappa shape index (κ2) is 5.75. The van der Waals surface area contributed by atoms with Gasteiger partial charge in [0.05, 0.1) is 0 Å². The first-order valence-electron chi connectivity index (χ1n) is 7.68. The van der Waals surface area contributed by atoms with Gasteiger partial charge in [-0.2, -0.15) is 9.50 Å². The second-order valence-electron chi connectivity index (χ2n) is 5.44. The maximum atomic E-state index is 4.68. The molecule has 0 amide bonds.